The van der Waals surface area contributed by atoms with Crippen molar-refractivity contribution in [2.24, 2.45) is 0 Å². The molecular weight excluding hydrogens is 399 g/mol. The smallest absolute Gasteiger partial charge is 0.278 e. The van der Waals surface area contributed by atoms with Gasteiger partial charge in [0.15, 0.2) is 11.5 Å². The Labute approximate surface area is 177 Å². The molecule has 6 nitrogen and oxygen atoms in total. The van der Waals surface area contributed by atoms with Crippen LogP contribution >= 0.6 is 0 Å². The molecule has 1 N–H and O–H groups in total. The van der Waals surface area contributed by atoms with E-state index in [9.17, 15) is 14.0 Å². The van der Waals surface area contributed by atoms with Crippen LogP contribution in [0, 0.1) is 5.82 Å². The molecule has 0 atom stereocenters. The number of hydrogen-bond acceptors (Lipinski definition) is 5. The van der Waals surface area contributed by atoms with Gasteiger partial charge >= 0.3 is 0 Å². The fourth-order valence-electron chi connectivity index (χ4n) is 3.60. The van der Waals surface area contributed by atoms with E-state index < -0.39 is 11.8 Å². The van der Waals surface area contributed by atoms with Crippen molar-refractivity contribution in [3.63, 3.8) is 0 Å². The Morgan fingerprint density at radius 2 is 1.61 bits per heavy atom. The molecule has 3 aromatic rings. The number of benzene rings is 3. The van der Waals surface area contributed by atoms with E-state index in [1.807, 2.05) is 6.07 Å². The maximum Gasteiger partial charge on any atom is 0.278 e. The van der Waals surface area contributed by atoms with Gasteiger partial charge in [0.1, 0.15) is 11.5 Å². The molecule has 2 aliphatic rings. The number of halogens is 1. The van der Waals surface area contributed by atoms with Crippen LogP contribution in [-0.2, 0) is 16.1 Å². The summed E-state index contributed by atoms with van der Waals surface area (Å²) in [6.45, 7) is 0.181. The van der Waals surface area contributed by atoms with Gasteiger partial charge in [0, 0.05) is 11.8 Å². The molecule has 0 aliphatic carbocycles. The number of anilines is 1. The summed E-state index contributed by atoms with van der Waals surface area (Å²) in [4.78, 5) is 27.7. The molecule has 7 heteroatoms. The monoisotopic (exact) mass is 416 g/mol. The first-order valence-electron chi connectivity index (χ1n) is 9.67. The fourth-order valence-corrected chi connectivity index (χ4v) is 3.60. The predicted octanol–water partition coefficient (Wildman–Crippen LogP) is 3.95. The van der Waals surface area contributed by atoms with Crippen LogP contribution in [0.3, 0.4) is 0 Å². The average molecular weight is 416 g/mol. The molecule has 3 aromatic carbocycles. The summed E-state index contributed by atoms with van der Waals surface area (Å²) in [7, 11) is 0. The molecule has 0 radical (unpaired) electrons. The van der Waals surface area contributed by atoms with Crippen LogP contribution in [0.15, 0.2) is 78.5 Å². The Morgan fingerprint density at radius 3 is 2.39 bits per heavy atom. The van der Waals surface area contributed by atoms with Crippen molar-refractivity contribution in [3.05, 3.63) is 95.4 Å². The van der Waals surface area contributed by atoms with Gasteiger partial charge in [-0.05, 0) is 35.4 Å². The molecule has 154 valence electrons. The molecule has 5 rings (SSSR count). The van der Waals surface area contributed by atoms with E-state index in [0.29, 0.717) is 28.3 Å². The summed E-state index contributed by atoms with van der Waals surface area (Å²) >= 11 is 0. The van der Waals surface area contributed by atoms with Crippen molar-refractivity contribution < 1.29 is 23.5 Å². The molecule has 0 spiro atoms. The average Bonchev–Trinajstić information content (AvgIpc) is 3.34. The summed E-state index contributed by atoms with van der Waals surface area (Å²) < 4.78 is 24.0. The van der Waals surface area contributed by atoms with Crippen molar-refractivity contribution in [2.75, 3.05) is 12.1 Å². The second-order valence-electron chi connectivity index (χ2n) is 7.13. The summed E-state index contributed by atoms with van der Waals surface area (Å²) in [5, 5.41) is 3.10. The van der Waals surface area contributed by atoms with Gasteiger partial charge in [0.2, 0.25) is 6.79 Å². The molecule has 0 saturated heterocycles. The Balaban J connectivity index is 1.51. The predicted molar refractivity (Wildman–Crippen MR) is 112 cm³/mol. The van der Waals surface area contributed by atoms with Crippen LogP contribution in [0.2, 0.25) is 0 Å². The summed E-state index contributed by atoms with van der Waals surface area (Å²) in [6.07, 6.45) is 0. The molecule has 31 heavy (non-hydrogen) atoms. The van der Waals surface area contributed by atoms with Gasteiger partial charge in [0.25, 0.3) is 11.8 Å². The number of amides is 2. The number of carbonyl (C=O) groups is 2. The molecule has 0 fully saturated rings. The van der Waals surface area contributed by atoms with E-state index in [2.05, 4.69) is 5.32 Å². The third kappa shape index (κ3) is 3.50. The number of rotatable bonds is 5. The number of ether oxygens (including phenoxy) is 2. The van der Waals surface area contributed by atoms with Gasteiger partial charge in [-0.2, -0.15) is 0 Å². The molecule has 2 heterocycles. The second-order valence-corrected chi connectivity index (χ2v) is 7.13. The molecule has 0 saturated carbocycles. The van der Waals surface area contributed by atoms with Crippen LogP contribution in [0.1, 0.15) is 11.1 Å². The number of fused-ring (bicyclic) bond motifs is 1. The van der Waals surface area contributed by atoms with Gasteiger partial charge < -0.3 is 14.8 Å². The highest BCUT2D eigenvalue weighted by Crippen LogP contribution is 2.36. The minimum absolute atomic E-state index is 0.0423. The summed E-state index contributed by atoms with van der Waals surface area (Å²) in [5.74, 6) is -0.0629. The normalized spacial score (nSPS) is 15.1. The van der Waals surface area contributed by atoms with Crippen molar-refractivity contribution in [2.45, 2.75) is 6.54 Å². The van der Waals surface area contributed by atoms with Gasteiger partial charge in [0.05, 0.1) is 12.1 Å². The Morgan fingerprint density at radius 1 is 0.871 bits per heavy atom. The van der Waals surface area contributed by atoms with Crippen molar-refractivity contribution in [1.29, 1.82) is 0 Å². The third-order valence-electron chi connectivity index (χ3n) is 5.13. The summed E-state index contributed by atoms with van der Waals surface area (Å²) in [6, 6.07) is 20.0. The van der Waals surface area contributed by atoms with Gasteiger partial charge in [-0.1, -0.05) is 42.5 Å². The first-order chi connectivity index (χ1) is 15.1. The number of nitrogens with zero attached hydrogens (tertiary/aromatic N) is 1. The number of hydrogen-bond donors (Lipinski definition) is 1. The van der Waals surface area contributed by atoms with E-state index in [0.717, 1.165) is 4.90 Å². The van der Waals surface area contributed by atoms with Crippen LogP contribution in [0.5, 0.6) is 11.5 Å². The molecular formula is C24H17FN2O4. The zero-order valence-corrected chi connectivity index (χ0v) is 16.3. The lowest BCUT2D eigenvalue weighted by Crippen LogP contribution is -2.32. The van der Waals surface area contributed by atoms with E-state index >= 15 is 0 Å². The topological polar surface area (TPSA) is 67.9 Å². The lowest BCUT2D eigenvalue weighted by Gasteiger charge is -2.15. The lowest BCUT2D eigenvalue weighted by atomic mass is 10.0. The molecule has 0 unspecified atom stereocenters. The van der Waals surface area contributed by atoms with E-state index in [1.165, 1.54) is 12.1 Å². The van der Waals surface area contributed by atoms with Crippen LogP contribution < -0.4 is 14.8 Å². The van der Waals surface area contributed by atoms with E-state index in [1.54, 1.807) is 54.6 Å². The first-order valence-corrected chi connectivity index (χ1v) is 9.67. The fraction of sp³-hybridized carbons (Fsp3) is 0.0833. The lowest BCUT2D eigenvalue weighted by molar-refractivity contribution is -0.137. The zero-order valence-electron chi connectivity index (χ0n) is 16.3. The first kappa shape index (κ1) is 18.9. The number of imide groups is 1. The van der Waals surface area contributed by atoms with Gasteiger partial charge in [-0.3, -0.25) is 14.5 Å². The second kappa shape index (κ2) is 7.60. The Bertz CT molecular complexity index is 1210. The molecule has 2 amide bonds. The van der Waals surface area contributed by atoms with Crippen LogP contribution in [-0.4, -0.2) is 23.5 Å². The molecule has 2 aliphatic heterocycles. The minimum Gasteiger partial charge on any atom is -0.454 e. The largest absolute Gasteiger partial charge is 0.454 e. The van der Waals surface area contributed by atoms with Crippen molar-refractivity contribution in [3.8, 4) is 11.5 Å². The van der Waals surface area contributed by atoms with Gasteiger partial charge in [-0.15, -0.1) is 0 Å². The SMILES string of the molecule is O=C1C(Nc2ccc3c(c2)OCO3)=C(c2ccccc2)C(=O)N1Cc1ccc(F)cc1. The Kier molecular flexibility index (Phi) is 4.63. The maximum absolute atomic E-state index is 13.3. The van der Waals surface area contributed by atoms with E-state index in [-0.39, 0.29) is 30.4 Å². The third-order valence-corrected chi connectivity index (χ3v) is 5.13. The van der Waals surface area contributed by atoms with Crippen LogP contribution in [0.25, 0.3) is 5.57 Å². The van der Waals surface area contributed by atoms with Gasteiger partial charge in [-0.25, -0.2) is 4.39 Å². The highest BCUT2D eigenvalue weighted by Gasteiger charge is 2.39. The number of nitrogens with one attached hydrogen (secondary N) is 1. The maximum atomic E-state index is 13.3. The molecule has 0 bridgehead atoms. The van der Waals surface area contributed by atoms with Crippen LogP contribution in [0.4, 0.5) is 10.1 Å². The van der Waals surface area contributed by atoms with Crippen molar-refractivity contribution >= 4 is 23.1 Å². The summed E-state index contributed by atoms with van der Waals surface area (Å²) in [5.41, 5.74) is 2.34. The van der Waals surface area contributed by atoms with Crippen molar-refractivity contribution in [1.82, 2.24) is 4.90 Å². The highest BCUT2D eigenvalue weighted by atomic mass is 19.1. The molecule has 0 aromatic heterocycles. The highest BCUT2D eigenvalue weighted by molar-refractivity contribution is 6.36. The number of carbonyl (C=O) groups excluding carboxylic acids is 2. The zero-order chi connectivity index (χ0) is 21.4. The van der Waals surface area contributed by atoms with E-state index in [4.69, 9.17) is 9.47 Å². The standard InChI is InChI=1S/C24H17FN2O4/c25-17-8-6-15(7-9-17)13-27-23(28)21(16-4-2-1-3-5-16)22(24(27)29)26-18-10-11-19-20(12-18)31-14-30-19/h1-12,26H,13-14H2. The quantitative estimate of drug-likeness (QED) is 0.638. The minimum atomic E-state index is -0.453. The Hall–Kier alpha value is -4.13.